The third-order valence-electron chi connectivity index (χ3n) is 13.0. The number of hydrogen-bond donors (Lipinski definition) is 0. The number of rotatable bonds is 7. The van der Waals surface area contributed by atoms with E-state index in [1.54, 1.807) is 11.1 Å². The van der Waals surface area contributed by atoms with Gasteiger partial charge in [-0.2, -0.15) is 0 Å². The second-order valence-corrected chi connectivity index (χ2v) is 25.4. The van der Waals surface area contributed by atoms with Gasteiger partial charge in [0.2, 0.25) is 0 Å². The molecule has 2 aromatic carbocycles. The first-order valence-corrected chi connectivity index (χ1v) is 27.2. The number of fused-ring (bicyclic) bond motifs is 2. The molecule has 0 saturated heterocycles. The summed E-state index contributed by atoms with van der Waals surface area (Å²) in [5.74, 6) is 5.02. The van der Waals surface area contributed by atoms with Gasteiger partial charge in [0.05, 0.1) is 8.07 Å². The first-order valence-electron chi connectivity index (χ1n) is 18.3. The van der Waals surface area contributed by atoms with Crippen molar-refractivity contribution in [3.8, 4) is 0 Å². The Kier molecular flexibility index (Phi) is 15.4. The topological polar surface area (TPSA) is 0 Å². The Balaban J connectivity index is 0.00000126. The molecule has 2 fully saturated rings. The van der Waals surface area contributed by atoms with Crippen LogP contribution in [0.3, 0.4) is 0 Å². The number of halogens is 2. The van der Waals surface area contributed by atoms with Crippen LogP contribution in [-0.4, -0.2) is 8.07 Å². The van der Waals surface area contributed by atoms with E-state index in [1.807, 2.05) is 0 Å². The first-order chi connectivity index (χ1) is 22.4. The van der Waals surface area contributed by atoms with E-state index in [2.05, 4.69) is 147 Å². The van der Waals surface area contributed by atoms with E-state index in [4.69, 9.17) is 17.0 Å². The van der Waals surface area contributed by atoms with Gasteiger partial charge in [0.1, 0.15) is 0 Å². The average molecular weight is 795 g/mol. The van der Waals surface area contributed by atoms with E-state index in [1.165, 1.54) is 47.2 Å². The number of hydrogen-bond acceptors (Lipinski definition) is 0. The molecule has 0 nitrogen and oxygen atoms in total. The van der Waals surface area contributed by atoms with Gasteiger partial charge >= 0.3 is 37.9 Å². The van der Waals surface area contributed by atoms with Crippen molar-refractivity contribution in [2.45, 2.75) is 104 Å². The molecule has 2 aromatic rings. The molecule has 0 bridgehead atoms. The first kappa shape index (κ1) is 42.5. The Morgan fingerprint density at radius 1 is 0.755 bits per heavy atom. The van der Waals surface area contributed by atoms with Crippen LogP contribution in [0.1, 0.15) is 90.5 Å². The number of allylic oxidation sites excluding steroid dienone is 8. The molecular formula is C45H64Cl2SiZr. The van der Waals surface area contributed by atoms with Crippen molar-refractivity contribution in [3.05, 3.63) is 122 Å². The summed E-state index contributed by atoms with van der Waals surface area (Å²) in [7, 11) is 8.12. The molecule has 0 heterocycles. The Morgan fingerprint density at radius 3 is 1.65 bits per heavy atom. The summed E-state index contributed by atoms with van der Waals surface area (Å²) in [4.78, 5) is 0. The van der Waals surface area contributed by atoms with Gasteiger partial charge in [0, 0.05) is 0 Å². The number of benzene rings is 2. The maximum absolute atomic E-state index is 4.93. The van der Waals surface area contributed by atoms with Crippen molar-refractivity contribution >= 4 is 36.2 Å². The van der Waals surface area contributed by atoms with E-state index in [0.29, 0.717) is 23.7 Å². The molecule has 49 heavy (non-hydrogen) atoms. The van der Waals surface area contributed by atoms with Crippen LogP contribution in [0.15, 0.2) is 85.0 Å². The van der Waals surface area contributed by atoms with Crippen LogP contribution in [-0.2, 0) is 26.3 Å². The molecule has 2 saturated carbocycles. The second kappa shape index (κ2) is 17.7. The molecule has 8 unspecified atom stereocenters. The third-order valence-corrected chi connectivity index (χ3v) is 20.0. The zero-order valence-electron chi connectivity index (χ0n) is 32.4. The Hall–Kier alpha value is -0.920. The Morgan fingerprint density at radius 2 is 1.20 bits per heavy atom. The molecule has 4 aliphatic rings. The molecule has 0 N–H and O–H groups in total. The van der Waals surface area contributed by atoms with E-state index in [9.17, 15) is 0 Å². The normalized spacial score (nSPS) is 28.6. The van der Waals surface area contributed by atoms with Crippen LogP contribution < -0.4 is 0 Å². The van der Waals surface area contributed by atoms with E-state index < -0.39 is 28.9 Å². The molecule has 0 amide bonds. The molecule has 0 radical (unpaired) electrons. The Labute approximate surface area is 322 Å². The summed E-state index contributed by atoms with van der Waals surface area (Å²) in [5, 5.41) is 0. The summed E-state index contributed by atoms with van der Waals surface area (Å²) < 4.78 is 0. The summed E-state index contributed by atoms with van der Waals surface area (Å²) in [6.07, 6.45) is 17.9. The third kappa shape index (κ3) is 8.34. The minimum atomic E-state index is -1.74. The van der Waals surface area contributed by atoms with Crippen LogP contribution in [0.5, 0.6) is 0 Å². The molecule has 6 rings (SSSR count). The molecule has 0 spiro atoms. The minimum absolute atomic E-state index is 0. The summed E-state index contributed by atoms with van der Waals surface area (Å²) >= 11 is -0.826. The zero-order chi connectivity index (χ0) is 34.1. The van der Waals surface area contributed by atoms with E-state index in [0.717, 1.165) is 28.8 Å². The SMILES string of the molecule is CC[Si](CC)(C1C(C)CC2C(c3ccc(C)cc3)=CC=CC21)C1C2C=CC=C(c3ccc(C(C)(C)C)cc3)C2CC1C(C)C.[CH3-].[CH3-].[Cl][Zr+2][Cl]. The van der Waals surface area contributed by atoms with Crippen molar-refractivity contribution in [3.63, 3.8) is 0 Å². The van der Waals surface area contributed by atoms with Gasteiger partial charge < -0.3 is 14.9 Å². The van der Waals surface area contributed by atoms with Crippen molar-refractivity contribution in [1.82, 2.24) is 0 Å². The molecule has 0 aliphatic heterocycles. The fourth-order valence-electron chi connectivity index (χ4n) is 10.9. The monoisotopic (exact) mass is 792 g/mol. The fourth-order valence-corrected chi connectivity index (χ4v) is 18.5. The number of aryl methyl sites for hydroxylation is 1. The average Bonchev–Trinajstić information content (AvgIpc) is 3.61. The van der Waals surface area contributed by atoms with Crippen LogP contribution >= 0.6 is 17.0 Å². The van der Waals surface area contributed by atoms with Crippen LogP contribution in [0.2, 0.25) is 23.2 Å². The van der Waals surface area contributed by atoms with Gasteiger partial charge in [-0.25, -0.2) is 0 Å². The van der Waals surface area contributed by atoms with Crippen LogP contribution in [0, 0.1) is 63.2 Å². The maximum atomic E-state index is 4.93. The van der Waals surface area contributed by atoms with Gasteiger partial charge in [-0.1, -0.05) is 158 Å². The van der Waals surface area contributed by atoms with Crippen molar-refractivity contribution < 1.29 is 20.8 Å². The Bertz CT molecular complexity index is 1470. The van der Waals surface area contributed by atoms with Gasteiger partial charge in [-0.05, 0) is 106 Å². The summed E-state index contributed by atoms with van der Waals surface area (Å²) in [6, 6.07) is 21.9. The van der Waals surface area contributed by atoms with Crippen molar-refractivity contribution in [2.75, 3.05) is 0 Å². The predicted molar refractivity (Wildman–Crippen MR) is 220 cm³/mol. The summed E-state index contributed by atoms with van der Waals surface area (Å²) in [5.41, 5.74) is 10.8. The van der Waals surface area contributed by atoms with Crippen molar-refractivity contribution in [2.24, 2.45) is 41.4 Å². The summed E-state index contributed by atoms with van der Waals surface area (Å²) in [6.45, 7) is 22.1. The standard InChI is InChI=1S/C43H58Si.2CH3.2ClH.Zr/c1-10-44(11-2,41-30(6)26-39-34(14-12-16-36(39)41)31-20-18-29(5)19-21-31)42-37-17-13-15-35(40(37)27-38(42)28(3)4)32-22-24-33(25-23-32)43(7,8)9;;;;;/h12-25,28,30,36-42H,10-11,26-27H2,1-9H3;2*1H3;2*1H;/q;2*-1;;;+4/p-2. The van der Waals surface area contributed by atoms with Crippen molar-refractivity contribution in [1.29, 1.82) is 0 Å². The fraction of sp³-hybridized carbons (Fsp3) is 0.511. The van der Waals surface area contributed by atoms with Crippen LogP contribution in [0.4, 0.5) is 0 Å². The quantitative estimate of drug-likeness (QED) is 0.193. The van der Waals surface area contributed by atoms with Crippen LogP contribution in [0.25, 0.3) is 11.1 Å². The predicted octanol–water partition coefficient (Wildman–Crippen LogP) is 14.6. The molecular weight excluding hydrogens is 731 g/mol. The molecule has 4 heteroatoms. The van der Waals surface area contributed by atoms with Gasteiger partial charge in [0.25, 0.3) is 0 Å². The van der Waals surface area contributed by atoms with Gasteiger partial charge in [0.15, 0.2) is 0 Å². The second-order valence-electron chi connectivity index (χ2n) is 16.5. The van der Waals surface area contributed by atoms with E-state index in [-0.39, 0.29) is 20.3 Å². The molecule has 4 aliphatic carbocycles. The van der Waals surface area contributed by atoms with Gasteiger partial charge in [-0.3, -0.25) is 0 Å². The molecule has 8 atom stereocenters. The van der Waals surface area contributed by atoms with E-state index >= 15 is 0 Å². The molecule has 0 aromatic heterocycles. The molecule has 266 valence electrons. The van der Waals surface area contributed by atoms with Gasteiger partial charge in [-0.15, -0.1) is 0 Å². The zero-order valence-corrected chi connectivity index (χ0v) is 37.3.